The fourth-order valence-electron chi connectivity index (χ4n) is 1.18. The Balaban J connectivity index is 0.00000106. The molecule has 0 amide bonds. The van der Waals surface area contributed by atoms with Crippen LogP contribution in [0.25, 0.3) is 0 Å². The predicted octanol–water partition coefficient (Wildman–Crippen LogP) is 4.48. The summed E-state index contributed by atoms with van der Waals surface area (Å²) in [5, 5.41) is 0. The van der Waals surface area contributed by atoms with Crippen molar-refractivity contribution in [1.29, 1.82) is 0 Å². The second-order valence-corrected chi connectivity index (χ2v) is 4.79. The van der Waals surface area contributed by atoms with Gasteiger partial charge in [0.05, 0.1) is 0 Å². The topological polar surface area (TPSA) is 12.0 Å². The molecule has 0 heterocycles. The molecule has 0 aliphatic rings. The molecule has 0 radical (unpaired) electrons. The first-order valence-electron chi connectivity index (χ1n) is 6.03. The second-order valence-electron chi connectivity index (χ2n) is 3.98. The molecule has 1 aromatic carbocycles. The van der Waals surface area contributed by atoms with Gasteiger partial charge in [-0.25, -0.2) is 0 Å². The van der Waals surface area contributed by atoms with Crippen LogP contribution in [0, 0.1) is 13.8 Å². The summed E-state index contributed by atoms with van der Waals surface area (Å²) in [6, 6.07) is 7.22. The van der Waals surface area contributed by atoms with Crippen molar-refractivity contribution in [3.63, 3.8) is 0 Å². The highest BCUT2D eigenvalue weighted by Gasteiger charge is 1.97. The number of hydrogen-bond donors (Lipinski definition) is 1. The van der Waals surface area contributed by atoms with Gasteiger partial charge in [0.1, 0.15) is 0 Å². The Morgan fingerprint density at radius 2 is 1.75 bits per heavy atom. The minimum Gasteiger partial charge on any atom is -0.261 e. The van der Waals surface area contributed by atoms with Crippen LogP contribution in [-0.4, -0.2) is 6.04 Å². The fourth-order valence-corrected chi connectivity index (χ4v) is 1.95. The summed E-state index contributed by atoms with van der Waals surface area (Å²) in [7, 11) is 0. The lowest BCUT2D eigenvalue weighted by molar-refractivity contribution is 0.770. The van der Waals surface area contributed by atoms with E-state index in [0.717, 1.165) is 5.75 Å². The Kier molecular flexibility index (Phi) is 8.40. The van der Waals surface area contributed by atoms with E-state index in [1.807, 2.05) is 13.8 Å². The van der Waals surface area contributed by atoms with Crippen molar-refractivity contribution in [3.8, 4) is 0 Å². The summed E-state index contributed by atoms with van der Waals surface area (Å²) < 4.78 is 3.34. The van der Waals surface area contributed by atoms with Gasteiger partial charge in [-0.3, -0.25) is 4.72 Å². The van der Waals surface area contributed by atoms with E-state index in [2.05, 4.69) is 50.6 Å². The van der Waals surface area contributed by atoms with E-state index in [1.54, 1.807) is 11.9 Å². The fraction of sp³-hybridized carbons (Fsp3) is 0.571. The molecule has 16 heavy (non-hydrogen) atoms. The monoisotopic (exact) mass is 239 g/mol. The lowest BCUT2D eigenvalue weighted by atomic mass is 10.1. The Bertz CT molecular complexity index is 295. The van der Waals surface area contributed by atoms with Crippen molar-refractivity contribution < 1.29 is 0 Å². The first kappa shape index (κ1) is 15.5. The first-order chi connectivity index (χ1) is 7.59. The zero-order valence-corrected chi connectivity index (χ0v) is 12.2. The molecule has 0 bridgehead atoms. The van der Waals surface area contributed by atoms with Crippen molar-refractivity contribution in [2.75, 3.05) is 0 Å². The van der Waals surface area contributed by atoms with E-state index in [1.165, 1.54) is 16.7 Å². The minimum atomic E-state index is 0.548. The normalized spacial score (nSPS) is 9.94. The van der Waals surface area contributed by atoms with E-state index in [4.69, 9.17) is 0 Å². The zero-order valence-electron chi connectivity index (χ0n) is 11.4. The van der Waals surface area contributed by atoms with Crippen molar-refractivity contribution in [2.45, 2.75) is 53.3 Å². The first-order valence-corrected chi connectivity index (χ1v) is 7.01. The molecular weight excluding hydrogens is 214 g/mol. The molecule has 0 atom stereocenters. The average Bonchev–Trinajstić information content (AvgIpc) is 2.26. The van der Waals surface area contributed by atoms with Crippen LogP contribution < -0.4 is 4.72 Å². The summed E-state index contributed by atoms with van der Waals surface area (Å²) in [6.45, 7) is 12.6. The molecule has 92 valence electrons. The standard InChI is InChI=1S/C12H19NS.C2H6/c1-9(2)13-14-8-12-6-5-10(3)11(4)7-12;1-2/h5-7,9,13H,8H2,1-4H3;1-2H3. The highest BCUT2D eigenvalue weighted by atomic mass is 32.2. The number of nitrogens with one attached hydrogen (secondary N) is 1. The third-order valence-electron chi connectivity index (χ3n) is 2.13. The molecule has 1 rings (SSSR count). The van der Waals surface area contributed by atoms with Crippen molar-refractivity contribution in [3.05, 3.63) is 34.9 Å². The van der Waals surface area contributed by atoms with E-state index < -0.39 is 0 Å². The molecule has 1 N–H and O–H groups in total. The molecule has 2 heteroatoms. The quantitative estimate of drug-likeness (QED) is 0.778. The number of rotatable bonds is 4. The lowest BCUT2D eigenvalue weighted by Gasteiger charge is -2.08. The zero-order chi connectivity index (χ0) is 12.6. The maximum atomic E-state index is 3.34. The van der Waals surface area contributed by atoms with E-state index in [-0.39, 0.29) is 0 Å². The van der Waals surface area contributed by atoms with Crippen LogP contribution >= 0.6 is 11.9 Å². The summed E-state index contributed by atoms with van der Waals surface area (Å²) >= 11 is 1.78. The van der Waals surface area contributed by atoms with E-state index in [9.17, 15) is 0 Å². The van der Waals surface area contributed by atoms with E-state index in [0.29, 0.717) is 6.04 Å². The summed E-state index contributed by atoms with van der Waals surface area (Å²) in [5.41, 5.74) is 4.15. The van der Waals surface area contributed by atoms with Crippen LogP contribution in [0.15, 0.2) is 18.2 Å². The molecule has 0 unspecified atom stereocenters. The summed E-state index contributed by atoms with van der Waals surface area (Å²) in [5.74, 6) is 1.04. The summed E-state index contributed by atoms with van der Waals surface area (Å²) in [4.78, 5) is 0. The molecule has 0 spiro atoms. The molecule has 0 aliphatic heterocycles. The minimum absolute atomic E-state index is 0.548. The third kappa shape index (κ3) is 6.19. The highest BCUT2D eigenvalue weighted by Crippen LogP contribution is 2.14. The van der Waals surface area contributed by atoms with Crippen molar-refractivity contribution in [1.82, 2.24) is 4.72 Å². The molecule has 1 aromatic rings. The van der Waals surface area contributed by atoms with Crippen LogP contribution in [0.3, 0.4) is 0 Å². The van der Waals surface area contributed by atoms with Crippen molar-refractivity contribution in [2.24, 2.45) is 0 Å². The second kappa shape index (κ2) is 8.66. The van der Waals surface area contributed by atoms with Crippen LogP contribution in [0.2, 0.25) is 0 Å². The van der Waals surface area contributed by atoms with Gasteiger partial charge < -0.3 is 0 Å². The van der Waals surface area contributed by atoms with Crippen LogP contribution in [-0.2, 0) is 5.75 Å². The molecule has 0 aromatic heterocycles. The Morgan fingerprint density at radius 1 is 1.12 bits per heavy atom. The van der Waals surface area contributed by atoms with Gasteiger partial charge in [-0.15, -0.1) is 0 Å². The molecule has 0 fully saturated rings. The van der Waals surface area contributed by atoms with Crippen molar-refractivity contribution >= 4 is 11.9 Å². The molecule has 0 saturated heterocycles. The Labute approximate surface area is 105 Å². The van der Waals surface area contributed by atoms with Gasteiger partial charge in [-0.1, -0.05) is 44.0 Å². The highest BCUT2D eigenvalue weighted by molar-refractivity contribution is 7.96. The maximum absolute atomic E-state index is 3.34. The van der Waals surface area contributed by atoms with E-state index >= 15 is 0 Å². The Hall–Kier alpha value is -0.470. The molecular formula is C14H25NS. The van der Waals surface area contributed by atoms with Gasteiger partial charge in [-0.2, -0.15) is 0 Å². The largest absolute Gasteiger partial charge is 0.261 e. The predicted molar refractivity (Wildman–Crippen MR) is 76.8 cm³/mol. The van der Waals surface area contributed by atoms with Gasteiger partial charge >= 0.3 is 0 Å². The molecule has 0 aliphatic carbocycles. The maximum Gasteiger partial charge on any atom is 0.0330 e. The Morgan fingerprint density at radius 3 is 2.25 bits per heavy atom. The number of benzene rings is 1. The lowest BCUT2D eigenvalue weighted by Crippen LogP contribution is -2.14. The average molecular weight is 239 g/mol. The smallest absolute Gasteiger partial charge is 0.0330 e. The SMILES string of the molecule is CC.Cc1ccc(CSNC(C)C)cc1C. The van der Waals surface area contributed by atoms with Crippen LogP contribution in [0.5, 0.6) is 0 Å². The van der Waals surface area contributed by atoms with Gasteiger partial charge in [0.15, 0.2) is 0 Å². The van der Waals surface area contributed by atoms with Crippen LogP contribution in [0.4, 0.5) is 0 Å². The number of aryl methyl sites for hydroxylation is 2. The van der Waals surface area contributed by atoms with Crippen LogP contribution in [0.1, 0.15) is 44.4 Å². The van der Waals surface area contributed by atoms with Gasteiger partial charge in [-0.05, 0) is 44.4 Å². The van der Waals surface area contributed by atoms with Gasteiger partial charge in [0, 0.05) is 11.8 Å². The third-order valence-corrected chi connectivity index (χ3v) is 3.24. The molecule has 1 nitrogen and oxygen atoms in total. The van der Waals surface area contributed by atoms with Gasteiger partial charge in [0.25, 0.3) is 0 Å². The summed E-state index contributed by atoms with van der Waals surface area (Å²) in [6.07, 6.45) is 0. The number of hydrogen-bond acceptors (Lipinski definition) is 2. The molecule has 0 saturated carbocycles. The van der Waals surface area contributed by atoms with Gasteiger partial charge in [0.2, 0.25) is 0 Å².